The molecule has 0 saturated heterocycles. The third kappa shape index (κ3) is 6.49. The lowest BCUT2D eigenvalue weighted by molar-refractivity contribution is 0.0668. The Labute approximate surface area is 163 Å². The molecule has 2 rings (SSSR count). The molecule has 154 valence electrons. The van der Waals surface area contributed by atoms with Gasteiger partial charge in [0.05, 0.1) is 19.7 Å². The highest BCUT2D eigenvalue weighted by Crippen LogP contribution is 2.21. The van der Waals surface area contributed by atoms with Crippen LogP contribution in [0.2, 0.25) is 0 Å². The molecular formula is C19H27F2N5O2. The van der Waals surface area contributed by atoms with Crippen molar-refractivity contribution in [3.8, 4) is 5.75 Å². The third-order valence-corrected chi connectivity index (χ3v) is 3.89. The zero-order chi connectivity index (χ0) is 20.4. The lowest BCUT2D eigenvalue weighted by Crippen LogP contribution is -2.37. The topological polar surface area (TPSA) is 72.7 Å². The van der Waals surface area contributed by atoms with E-state index in [1.54, 1.807) is 7.11 Å². The molecular weight excluding hydrogens is 368 g/mol. The van der Waals surface area contributed by atoms with Crippen molar-refractivity contribution < 1.29 is 18.3 Å². The van der Waals surface area contributed by atoms with Crippen LogP contribution in [0.25, 0.3) is 0 Å². The van der Waals surface area contributed by atoms with Gasteiger partial charge in [0.15, 0.2) is 5.96 Å². The number of guanidine groups is 1. The summed E-state index contributed by atoms with van der Waals surface area (Å²) >= 11 is 0. The first-order valence-corrected chi connectivity index (χ1v) is 9.08. The minimum Gasteiger partial charge on any atom is -0.491 e. The number of nitrogens with one attached hydrogen (secondary N) is 2. The van der Waals surface area contributed by atoms with E-state index in [9.17, 15) is 8.78 Å². The van der Waals surface area contributed by atoms with Gasteiger partial charge in [-0.3, -0.25) is 4.57 Å². The number of nitrogens with zero attached hydrogens (tertiary/aromatic N) is 3. The highest BCUT2D eigenvalue weighted by Gasteiger charge is 2.11. The first kappa shape index (κ1) is 21.6. The summed E-state index contributed by atoms with van der Waals surface area (Å²) < 4.78 is 37.5. The van der Waals surface area contributed by atoms with Crippen LogP contribution < -0.4 is 15.4 Å². The van der Waals surface area contributed by atoms with Crippen LogP contribution in [0.1, 0.15) is 30.4 Å². The fourth-order valence-corrected chi connectivity index (χ4v) is 2.49. The van der Waals surface area contributed by atoms with Gasteiger partial charge in [0, 0.05) is 31.6 Å². The minimum atomic E-state index is -2.63. The second-order valence-electron chi connectivity index (χ2n) is 6.03. The second kappa shape index (κ2) is 11.2. The molecule has 0 saturated carbocycles. The molecule has 9 heteroatoms. The van der Waals surface area contributed by atoms with Crippen LogP contribution >= 0.6 is 0 Å². The second-order valence-corrected chi connectivity index (χ2v) is 6.03. The van der Waals surface area contributed by atoms with Crippen molar-refractivity contribution in [3.05, 3.63) is 47.5 Å². The molecule has 0 aliphatic carbocycles. The average molecular weight is 395 g/mol. The molecule has 1 aromatic heterocycles. The van der Waals surface area contributed by atoms with Gasteiger partial charge in [-0.1, -0.05) is 12.1 Å². The van der Waals surface area contributed by atoms with Crippen LogP contribution in [0.4, 0.5) is 8.78 Å². The van der Waals surface area contributed by atoms with E-state index < -0.39 is 6.55 Å². The molecule has 0 aliphatic heterocycles. The summed E-state index contributed by atoms with van der Waals surface area (Å²) in [4.78, 5) is 8.49. The maximum atomic E-state index is 12.9. The molecule has 0 fully saturated rings. The van der Waals surface area contributed by atoms with Gasteiger partial charge in [-0.2, -0.15) is 8.78 Å². The fraction of sp³-hybridized carbons (Fsp3) is 0.474. The number of aryl methyl sites for hydroxylation is 1. The Morgan fingerprint density at radius 1 is 1.29 bits per heavy atom. The molecule has 2 N–H and O–H groups in total. The van der Waals surface area contributed by atoms with E-state index in [1.807, 2.05) is 32.0 Å². The molecule has 0 radical (unpaired) electrons. The van der Waals surface area contributed by atoms with Crippen molar-refractivity contribution in [2.45, 2.75) is 33.5 Å². The number of halogens is 2. The number of imidazole rings is 1. The van der Waals surface area contributed by atoms with Gasteiger partial charge in [-0.05, 0) is 25.5 Å². The van der Waals surface area contributed by atoms with Crippen LogP contribution in [0, 0.1) is 6.92 Å². The molecule has 1 heterocycles. The predicted molar refractivity (Wildman–Crippen MR) is 104 cm³/mol. The number of methoxy groups -OCH3 is 1. The summed E-state index contributed by atoms with van der Waals surface area (Å²) in [5, 5.41) is 6.13. The number of hydrogen-bond donors (Lipinski definition) is 2. The number of ether oxygens (including phenoxy) is 2. The Hall–Kier alpha value is -2.68. The maximum absolute atomic E-state index is 12.9. The molecule has 0 unspecified atom stereocenters. The van der Waals surface area contributed by atoms with Crippen LogP contribution in [0.5, 0.6) is 5.75 Å². The van der Waals surface area contributed by atoms with E-state index in [2.05, 4.69) is 20.6 Å². The molecule has 0 bridgehead atoms. The van der Waals surface area contributed by atoms with Crippen LogP contribution in [0.3, 0.4) is 0 Å². The fourth-order valence-electron chi connectivity index (χ4n) is 2.49. The monoisotopic (exact) mass is 395 g/mol. The van der Waals surface area contributed by atoms with E-state index >= 15 is 0 Å². The van der Waals surface area contributed by atoms with E-state index in [1.165, 1.54) is 12.4 Å². The Balaban J connectivity index is 2.06. The summed E-state index contributed by atoms with van der Waals surface area (Å²) in [5.41, 5.74) is 2.01. The summed E-state index contributed by atoms with van der Waals surface area (Å²) in [6.45, 7) is 3.40. The van der Waals surface area contributed by atoms with Crippen molar-refractivity contribution in [2.75, 3.05) is 26.9 Å². The van der Waals surface area contributed by atoms with E-state index in [0.717, 1.165) is 21.4 Å². The normalized spacial score (nSPS) is 11.7. The average Bonchev–Trinajstić information content (AvgIpc) is 3.14. The molecule has 0 aliphatic rings. The van der Waals surface area contributed by atoms with Crippen LogP contribution in [0.15, 0.2) is 35.6 Å². The predicted octanol–water partition coefficient (Wildman–Crippen LogP) is 2.87. The number of alkyl halides is 2. The quantitative estimate of drug-likeness (QED) is 0.368. The third-order valence-electron chi connectivity index (χ3n) is 3.89. The SMILES string of the molecule is CCNC(=NCc1ccc(C)cc1OCCOC)NCc1nccn1C(F)F. The van der Waals surface area contributed by atoms with E-state index in [-0.39, 0.29) is 12.4 Å². The van der Waals surface area contributed by atoms with Gasteiger partial charge >= 0.3 is 6.55 Å². The lowest BCUT2D eigenvalue weighted by Gasteiger charge is -2.14. The van der Waals surface area contributed by atoms with Gasteiger partial charge < -0.3 is 20.1 Å². The van der Waals surface area contributed by atoms with Crippen molar-refractivity contribution in [3.63, 3.8) is 0 Å². The molecule has 28 heavy (non-hydrogen) atoms. The Bertz CT molecular complexity index is 765. The minimum absolute atomic E-state index is 0.133. The Kier molecular flexibility index (Phi) is 8.67. The van der Waals surface area contributed by atoms with Gasteiger partial charge in [0.1, 0.15) is 18.2 Å². The summed E-state index contributed by atoms with van der Waals surface area (Å²) in [6, 6.07) is 5.92. The largest absolute Gasteiger partial charge is 0.491 e. The standard InChI is InChI=1S/C19H27F2N5O2/c1-4-22-19(25-13-17-23-7-8-26(17)18(20)21)24-12-15-6-5-14(2)11-16(15)28-10-9-27-3/h5-8,11,18H,4,9-10,12-13H2,1-3H3,(H2,22,24,25). The molecule has 2 aromatic rings. The van der Waals surface area contributed by atoms with Crippen LogP contribution in [-0.4, -0.2) is 42.4 Å². The number of hydrogen-bond acceptors (Lipinski definition) is 4. The van der Waals surface area contributed by atoms with E-state index in [0.29, 0.717) is 32.3 Å². The van der Waals surface area contributed by atoms with Gasteiger partial charge in [0.2, 0.25) is 0 Å². The summed E-state index contributed by atoms with van der Waals surface area (Å²) in [5.74, 6) is 1.50. The zero-order valence-electron chi connectivity index (χ0n) is 16.4. The van der Waals surface area contributed by atoms with Gasteiger partial charge in [-0.15, -0.1) is 0 Å². The zero-order valence-corrected chi connectivity index (χ0v) is 16.4. The first-order valence-electron chi connectivity index (χ1n) is 9.08. The number of rotatable bonds is 10. The Morgan fingerprint density at radius 2 is 2.11 bits per heavy atom. The molecule has 1 aromatic carbocycles. The smallest absolute Gasteiger partial charge is 0.319 e. The van der Waals surface area contributed by atoms with Gasteiger partial charge in [-0.25, -0.2) is 9.98 Å². The number of benzene rings is 1. The molecule has 0 amide bonds. The maximum Gasteiger partial charge on any atom is 0.319 e. The number of aliphatic imine (C=N–C) groups is 1. The molecule has 0 spiro atoms. The van der Waals surface area contributed by atoms with Crippen molar-refractivity contribution >= 4 is 5.96 Å². The van der Waals surface area contributed by atoms with E-state index in [4.69, 9.17) is 9.47 Å². The summed E-state index contributed by atoms with van der Waals surface area (Å²) in [7, 11) is 1.62. The highest BCUT2D eigenvalue weighted by atomic mass is 19.3. The first-order chi connectivity index (χ1) is 13.5. The summed E-state index contributed by atoms with van der Waals surface area (Å²) in [6.07, 6.45) is 2.60. The Morgan fingerprint density at radius 3 is 2.82 bits per heavy atom. The number of aromatic nitrogens is 2. The van der Waals surface area contributed by atoms with Gasteiger partial charge in [0.25, 0.3) is 0 Å². The molecule has 0 atom stereocenters. The lowest BCUT2D eigenvalue weighted by atomic mass is 10.1. The van der Waals surface area contributed by atoms with Crippen molar-refractivity contribution in [1.29, 1.82) is 0 Å². The van der Waals surface area contributed by atoms with Crippen LogP contribution in [-0.2, 0) is 17.8 Å². The highest BCUT2D eigenvalue weighted by molar-refractivity contribution is 5.79. The molecule has 7 nitrogen and oxygen atoms in total. The van der Waals surface area contributed by atoms with Crippen molar-refractivity contribution in [1.82, 2.24) is 20.2 Å². The van der Waals surface area contributed by atoms with Crippen molar-refractivity contribution in [2.24, 2.45) is 4.99 Å².